The lowest BCUT2D eigenvalue weighted by Gasteiger charge is -2.13. The first-order valence-electron chi connectivity index (χ1n) is 6.30. The maximum absolute atomic E-state index is 6.10. The number of nitrogens with two attached hydrogens (primary N) is 1. The van der Waals surface area contributed by atoms with Gasteiger partial charge in [0.05, 0.1) is 0 Å². The number of benzene rings is 2. The Morgan fingerprint density at radius 1 is 1.21 bits per heavy atom. The van der Waals surface area contributed by atoms with Gasteiger partial charge in [-0.2, -0.15) is 0 Å². The molecule has 0 aliphatic heterocycles. The molecule has 0 bridgehead atoms. The average molecular weight is 276 g/mol. The van der Waals surface area contributed by atoms with Crippen molar-refractivity contribution in [2.24, 2.45) is 5.73 Å². The smallest absolute Gasteiger partial charge is 0.122 e. The molecular formula is C16H18ClNO. The molecule has 0 aromatic heterocycles. The number of halogens is 1. The molecule has 2 rings (SSSR count). The van der Waals surface area contributed by atoms with E-state index in [0.29, 0.717) is 6.61 Å². The average Bonchev–Trinajstić information content (AvgIpc) is 2.39. The molecule has 100 valence electrons. The Hall–Kier alpha value is -1.51. The first kappa shape index (κ1) is 13.9. The summed E-state index contributed by atoms with van der Waals surface area (Å²) in [6.07, 6.45) is 0. The summed E-state index contributed by atoms with van der Waals surface area (Å²) >= 11 is 6.10. The van der Waals surface area contributed by atoms with Crippen LogP contribution in [0.1, 0.15) is 29.7 Å². The van der Waals surface area contributed by atoms with Crippen molar-refractivity contribution in [1.29, 1.82) is 0 Å². The highest BCUT2D eigenvalue weighted by Crippen LogP contribution is 2.24. The number of rotatable bonds is 4. The molecule has 0 amide bonds. The first-order valence-corrected chi connectivity index (χ1v) is 6.68. The Labute approximate surface area is 119 Å². The summed E-state index contributed by atoms with van der Waals surface area (Å²) in [6.45, 7) is 4.46. The molecule has 2 aromatic carbocycles. The van der Waals surface area contributed by atoms with Gasteiger partial charge in [-0.15, -0.1) is 0 Å². The van der Waals surface area contributed by atoms with Crippen LogP contribution in [0.5, 0.6) is 5.75 Å². The van der Waals surface area contributed by atoms with Gasteiger partial charge in [-0.3, -0.25) is 0 Å². The van der Waals surface area contributed by atoms with Gasteiger partial charge in [-0.1, -0.05) is 41.9 Å². The van der Waals surface area contributed by atoms with E-state index in [1.165, 1.54) is 0 Å². The molecular weight excluding hydrogens is 258 g/mol. The second-order valence-corrected chi connectivity index (χ2v) is 5.10. The van der Waals surface area contributed by atoms with Crippen molar-refractivity contribution in [2.75, 3.05) is 0 Å². The predicted molar refractivity (Wildman–Crippen MR) is 79.6 cm³/mol. The van der Waals surface area contributed by atoms with Gasteiger partial charge >= 0.3 is 0 Å². The Morgan fingerprint density at radius 3 is 2.58 bits per heavy atom. The van der Waals surface area contributed by atoms with Crippen LogP contribution in [0.4, 0.5) is 0 Å². The summed E-state index contributed by atoms with van der Waals surface area (Å²) in [6, 6.07) is 13.8. The van der Waals surface area contributed by atoms with E-state index >= 15 is 0 Å². The number of hydrogen-bond donors (Lipinski definition) is 1. The highest BCUT2D eigenvalue weighted by atomic mass is 35.5. The van der Waals surface area contributed by atoms with Gasteiger partial charge in [0, 0.05) is 16.6 Å². The van der Waals surface area contributed by atoms with Gasteiger partial charge in [-0.05, 0) is 37.1 Å². The van der Waals surface area contributed by atoms with Crippen LogP contribution in [0, 0.1) is 6.92 Å². The fourth-order valence-electron chi connectivity index (χ4n) is 1.89. The highest BCUT2D eigenvalue weighted by Gasteiger charge is 2.05. The van der Waals surface area contributed by atoms with Crippen LogP contribution in [0.15, 0.2) is 42.5 Å². The molecule has 0 heterocycles. The van der Waals surface area contributed by atoms with Gasteiger partial charge in [0.1, 0.15) is 12.4 Å². The zero-order valence-electron chi connectivity index (χ0n) is 11.2. The lowest BCUT2D eigenvalue weighted by molar-refractivity contribution is 0.304. The molecule has 2 N–H and O–H groups in total. The highest BCUT2D eigenvalue weighted by molar-refractivity contribution is 6.31. The molecule has 1 atom stereocenters. The summed E-state index contributed by atoms with van der Waals surface area (Å²) in [5, 5.41) is 0.729. The van der Waals surface area contributed by atoms with E-state index in [1.807, 2.05) is 50.2 Å². The third-order valence-corrected chi connectivity index (χ3v) is 3.43. The fourth-order valence-corrected chi connectivity index (χ4v) is 2.08. The van der Waals surface area contributed by atoms with Gasteiger partial charge in [0.2, 0.25) is 0 Å². The van der Waals surface area contributed by atoms with E-state index in [4.69, 9.17) is 22.1 Å². The van der Waals surface area contributed by atoms with Crippen LogP contribution in [-0.2, 0) is 6.61 Å². The SMILES string of the molecule is Cc1cc([C@@H](C)N)ccc1OCc1ccccc1Cl. The van der Waals surface area contributed by atoms with Crippen LogP contribution in [0.25, 0.3) is 0 Å². The van der Waals surface area contributed by atoms with Crippen LogP contribution >= 0.6 is 11.6 Å². The Kier molecular flexibility index (Phi) is 4.46. The summed E-state index contributed by atoms with van der Waals surface area (Å²) in [7, 11) is 0. The van der Waals surface area contributed by atoms with Gasteiger partial charge < -0.3 is 10.5 Å². The van der Waals surface area contributed by atoms with E-state index in [2.05, 4.69) is 6.07 Å². The number of ether oxygens (including phenoxy) is 1. The van der Waals surface area contributed by atoms with Crippen LogP contribution in [0.3, 0.4) is 0 Å². The molecule has 0 unspecified atom stereocenters. The third-order valence-electron chi connectivity index (χ3n) is 3.07. The van der Waals surface area contributed by atoms with Crippen molar-refractivity contribution in [3.8, 4) is 5.75 Å². The second kappa shape index (κ2) is 6.09. The molecule has 2 nitrogen and oxygen atoms in total. The zero-order valence-corrected chi connectivity index (χ0v) is 11.9. The predicted octanol–water partition coefficient (Wildman–Crippen LogP) is 4.25. The summed E-state index contributed by atoms with van der Waals surface area (Å²) in [5.74, 6) is 0.865. The molecule has 0 fully saturated rings. The van der Waals surface area contributed by atoms with Crippen molar-refractivity contribution < 1.29 is 4.74 Å². The van der Waals surface area contributed by atoms with E-state index in [-0.39, 0.29) is 6.04 Å². The first-order chi connectivity index (χ1) is 9.08. The van der Waals surface area contributed by atoms with Crippen LogP contribution in [0.2, 0.25) is 5.02 Å². The lowest BCUT2D eigenvalue weighted by atomic mass is 10.1. The minimum atomic E-state index is 0.0383. The van der Waals surface area contributed by atoms with Gasteiger partial charge in [-0.25, -0.2) is 0 Å². The third kappa shape index (κ3) is 3.49. The van der Waals surface area contributed by atoms with Crippen molar-refractivity contribution in [3.05, 3.63) is 64.2 Å². The maximum Gasteiger partial charge on any atom is 0.122 e. The molecule has 2 aromatic rings. The van der Waals surface area contributed by atoms with E-state index < -0.39 is 0 Å². The molecule has 0 aliphatic carbocycles. The summed E-state index contributed by atoms with van der Waals surface area (Å²) in [4.78, 5) is 0. The monoisotopic (exact) mass is 275 g/mol. The van der Waals surface area contributed by atoms with Crippen molar-refractivity contribution in [1.82, 2.24) is 0 Å². The van der Waals surface area contributed by atoms with E-state index in [9.17, 15) is 0 Å². The molecule has 0 radical (unpaired) electrons. The second-order valence-electron chi connectivity index (χ2n) is 4.69. The molecule has 0 saturated carbocycles. The zero-order chi connectivity index (χ0) is 13.8. The van der Waals surface area contributed by atoms with Crippen molar-refractivity contribution in [3.63, 3.8) is 0 Å². The summed E-state index contributed by atoms with van der Waals surface area (Å²) in [5.41, 5.74) is 9.04. The fraction of sp³-hybridized carbons (Fsp3) is 0.250. The van der Waals surface area contributed by atoms with Crippen LogP contribution in [-0.4, -0.2) is 0 Å². The van der Waals surface area contributed by atoms with Crippen LogP contribution < -0.4 is 10.5 Å². The quantitative estimate of drug-likeness (QED) is 0.905. The topological polar surface area (TPSA) is 35.2 Å². The van der Waals surface area contributed by atoms with E-state index in [0.717, 1.165) is 27.5 Å². The standard InChI is InChI=1S/C16H18ClNO/c1-11-9-13(12(2)18)7-8-16(11)19-10-14-5-3-4-6-15(14)17/h3-9,12H,10,18H2,1-2H3/t12-/m1/s1. The number of hydrogen-bond acceptors (Lipinski definition) is 2. The van der Waals surface area contributed by atoms with Crippen molar-refractivity contribution in [2.45, 2.75) is 26.5 Å². The summed E-state index contributed by atoms with van der Waals surface area (Å²) < 4.78 is 5.81. The maximum atomic E-state index is 6.10. The molecule has 19 heavy (non-hydrogen) atoms. The number of aryl methyl sites for hydroxylation is 1. The van der Waals surface area contributed by atoms with E-state index in [1.54, 1.807) is 0 Å². The van der Waals surface area contributed by atoms with Crippen molar-refractivity contribution >= 4 is 11.6 Å². The minimum absolute atomic E-state index is 0.0383. The lowest BCUT2D eigenvalue weighted by Crippen LogP contribution is -2.05. The Balaban J connectivity index is 2.10. The largest absolute Gasteiger partial charge is 0.489 e. The van der Waals surface area contributed by atoms with Gasteiger partial charge in [0.15, 0.2) is 0 Å². The molecule has 0 saturated heterocycles. The Morgan fingerprint density at radius 2 is 1.95 bits per heavy atom. The molecule has 3 heteroatoms. The molecule has 0 spiro atoms. The normalized spacial score (nSPS) is 12.2. The van der Waals surface area contributed by atoms with Gasteiger partial charge in [0.25, 0.3) is 0 Å². The molecule has 0 aliphatic rings. The minimum Gasteiger partial charge on any atom is -0.489 e. The Bertz CT molecular complexity index is 566.